The fraction of sp³-hybridized carbons (Fsp3) is 0.0968. The van der Waals surface area contributed by atoms with Crippen molar-refractivity contribution in [3.05, 3.63) is 144 Å². The molecule has 0 aromatic heterocycles. The summed E-state index contributed by atoms with van der Waals surface area (Å²) in [6.45, 7) is 0. The van der Waals surface area contributed by atoms with E-state index < -0.39 is 7.14 Å². The lowest BCUT2D eigenvalue weighted by atomic mass is 9.91. The van der Waals surface area contributed by atoms with Gasteiger partial charge in [-0.2, -0.15) is 0 Å². The number of allylic oxidation sites excluding steroid dienone is 3. The zero-order valence-corrected chi connectivity index (χ0v) is 19.8. The Bertz CT molecular complexity index is 1450. The Morgan fingerprint density at radius 3 is 2.12 bits per heavy atom. The monoisotopic (exact) mass is 459 g/mol. The summed E-state index contributed by atoms with van der Waals surface area (Å²) in [4.78, 5) is 0. The maximum atomic E-state index is 15.1. The van der Waals surface area contributed by atoms with Gasteiger partial charge in [-0.1, -0.05) is 121 Å². The largest absolute Gasteiger partial charge is 0.377 e. The third-order valence-corrected chi connectivity index (χ3v) is 10.1. The smallest absolute Gasteiger partial charge is 0.169 e. The topological polar surface area (TPSA) is 29.1 Å². The molecule has 0 spiro atoms. The number of benzene rings is 4. The van der Waals surface area contributed by atoms with Crippen LogP contribution in [0.5, 0.6) is 0 Å². The Labute approximate surface area is 200 Å². The molecular formula is C31H26NOP. The van der Waals surface area contributed by atoms with Gasteiger partial charge in [0.05, 0.1) is 6.04 Å². The maximum Gasteiger partial charge on any atom is 0.169 e. The summed E-state index contributed by atoms with van der Waals surface area (Å²) in [5, 5.41) is 9.11. The van der Waals surface area contributed by atoms with Crippen molar-refractivity contribution in [2.24, 2.45) is 0 Å². The van der Waals surface area contributed by atoms with Crippen molar-refractivity contribution in [3.8, 4) is 0 Å². The summed E-state index contributed by atoms with van der Waals surface area (Å²) < 4.78 is 15.1. The van der Waals surface area contributed by atoms with Gasteiger partial charge in [0, 0.05) is 21.6 Å². The molecule has 1 aliphatic carbocycles. The minimum Gasteiger partial charge on any atom is -0.377 e. The van der Waals surface area contributed by atoms with E-state index in [2.05, 4.69) is 66.0 Å². The summed E-state index contributed by atoms with van der Waals surface area (Å²) in [5.74, 6) is 0. The Hall–Kier alpha value is -3.61. The second-order valence-electron chi connectivity index (χ2n) is 8.87. The van der Waals surface area contributed by atoms with Crippen LogP contribution in [0.3, 0.4) is 0 Å². The molecule has 0 radical (unpaired) electrons. The number of fused-ring (bicyclic) bond motifs is 2. The van der Waals surface area contributed by atoms with Gasteiger partial charge >= 0.3 is 0 Å². The van der Waals surface area contributed by atoms with Crippen molar-refractivity contribution in [1.82, 2.24) is 5.32 Å². The predicted molar refractivity (Wildman–Crippen MR) is 143 cm³/mol. The van der Waals surface area contributed by atoms with Gasteiger partial charge < -0.3 is 9.88 Å². The average Bonchev–Trinajstić information content (AvgIpc) is 2.92. The molecule has 0 fully saturated rings. The van der Waals surface area contributed by atoms with Crippen LogP contribution in [0.25, 0.3) is 10.8 Å². The highest BCUT2D eigenvalue weighted by Crippen LogP contribution is 2.56. The van der Waals surface area contributed by atoms with Gasteiger partial charge in [0.1, 0.15) is 0 Å². The predicted octanol–water partition coefficient (Wildman–Crippen LogP) is 6.99. The van der Waals surface area contributed by atoms with E-state index >= 15 is 4.57 Å². The van der Waals surface area contributed by atoms with Crippen LogP contribution in [-0.4, -0.2) is 0 Å². The van der Waals surface area contributed by atoms with Crippen molar-refractivity contribution in [3.63, 3.8) is 0 Å². The lowest BCUT2D eigenvalue weighted by Crippen LogP contribution is -2.29. The molecule has 4 aromatic rings. The summed E-state index contributed by atoms with van der Waals surface area (Å²) in [7, 11) is -3.03. The lowest BCUT2D eigenvalue weighted by molar-refractivity contribution is 0.580. The lowest BCUT2D eigenvalue weighted by Gasteiger charge is -2.34. The van der Waals surface area contributed by atoms with Crippen LogP contribution in [0.4, 0.5) is 0 Å². The van der Waals surface area contributed by atoms with Gasteiger partial charge in [-0.15, -0.1) is 0 Å². The van der Waals surface area contributed by atoms with E-state index in [1.54, 1.807) is 0 Å². The van der Waals surface area contributed by atoms with Gasteiger partial charge in [-0.05, 0) is 34.8 Å². The van der Waals surface area contributed by atoms with Gasteiger partial charge in [0.15, 0.2) is 7.14 Å². The van der Waals surface area contributed by atoms with E-state index in [9.17, 15) is 0 Å². The SMILES string of the molecule is O=P(C1=C2NC(c3cccc4ccccc34)CC=C2C=CC1)(c1ccccc1)c1ccccc1. The number of rotatable bonds is 4. The summed E-state index contributed by atoms with van der Waals surface area (Å²) in [6, 6.07) is 35.1. The first-order valence-corrected chi connectivity index (χ1v) is 13.5. The molecular weight excluding hydrogens is 433 g/mol. The van der Waals surface area contributed by atoms with E-state index in [1.807, 2.05) is 60.7 Å². The molecule has 6 rings (SSSR count). The fourth-order valence-corrected chi connectivity index (χ4v) is 8.22. The highest BCUT2D eigenvalue weighted by molar-refractivity contribution is 7.82. The molecule has 1 heterocycles. The molecule has 166 valence electrons. The minimum atomic E-state index is -3.03. The van der Waals surface area contributed by atoms with Crippen LogP contribution >= 0.6 is 7.14 Å². The first kappa shape index (κ1) is 21.0. The second-order valence-corrected chi connectivity index (χ2v) is 11.7. The molecule has 4 aromatic carbocycles. The second kappa shape index (κ2) is 8.63. The first-order chi connectivity index (χ1) is 16.7. The van der Waals surface area contributed by atoms with Crippen molar-refractivity contribution in [2.45, 2.75) is 18.9 Å². The van der Waals surface area contributed by atoms with Gasteiger partial charge in [0.25, 0.3) is 0 Å². The van der Waals surface area contributed by atoms with Crippen molar-refractivity contribution in [2.75, 3.05) is 0 Å². The number of nitrogens with one attached hydrogen (secondary N) is 1. The number of hydrogen-bond acceptors (Lipinski definition) is 2. The molecule has 2 aliphatic rings. The van der Waals surface area contributed by atoms with Crippen molar-refractivity contribution < 1.29 is 4.57 Å². The zero-order chi connectivity index (χ0) is 23.0. The highest BCUT2D eigenvalue weighted by atomic mass is 31.2. The van der Waals surface area contributed by atoms with Crippen LogP contribution in [0.1, 0.15) is 24.4 Å². The first-order valence-electron chi connectivity index (χ1n) is 11.8. The molecule has 0 bridgehead atoms. The van der Waals surface area contributed by atoms with Crippen LogP contribution < -0.4 is 15.9 Å². The van der Waals surface area contributed by atoms with Crippen molar-refractivity contribution >= 4 is 28.5 Å². The van der Waals surface area contributed by atoms with Crippen molar-refractivity contribution in [1.29, 1.82) is 0 Å². The Balaban J connectivity index is 1.53. The summed E-state index contributed by atoms with van der Waals surface area (Å²) >= 11 is 0. The van der Waals surface area contributed by atoms with E-state index in [4.69, 9.17) is 0 Å². The normalized spacial score (nSPS) is 17.8. The zero-order valence-electron chi connectivity index (χ0n) is 18.9. The van der Waals surface area contributed by atoms with Crippen LogP contribution in [0.15, 0.2) is 138 Å². The third kappa shape index (κ3) is 3.47. The Morgan fingerprint density at radius 2 is 1.38 bits per heavy atom. The fourth-order valence-electron chi connectivity index (χ4n) is 5.25. The van der Waals surface area contributed by atoms with Crippen LogP contribution in [0.2, 0.25) is 0 Å². The van der Waals surface area contributed by atoms with Gasteiger partial charge in [-0.25, -0.2) is 0 Å². The number of hydrogen-bond donors (Lipinski definition) is 1. The molecule has 3 heteroatoms. The molecule has 1 atom stereocenters. The highest BCUT2D eigenvalue weighted by Gasteiger charge is 2.36. The molecule has 0 saturated heterocycles. The quantitative estimate of drug-likeness (QED) is 0.333. The van der Waals surface area contributed by atoms with E-state index in [1.165, 1.54) is 16.3 Å². The Morgan fingerprint density at radius 1 is 0.735 bits per heavy atom. The molecule has 34 heavy (non-hydrogen) atoms. The Kier molecular flexibility index (Phi) is 5.32. The summed E-state index contributed by atoms with van der Waals surface area (Å²) in [5.41, 5.74) is 3.46. The maximum absolute atomic E-state index is 15.1. The molecule has 0 saturated carbocycles. The molecule has 1 N–H and O–H groups in total. The standard InChI is InChI=1S/C31H26NOP/c33-34(25-14-3-1-4-15-25,26-16-5-2-6-17-26)30-20-10-13-24-21-22-29(32-31(24)30)28-19-9-12-23-11-7-8-18-27(23)28/h1-19,21,29,32H,20,22H2. The minimum absolute atomic E-state index is 0.131. The third-order valence-electron chi connectivity index (χ3n) is 6.90. The van der Waals surface area contributed by atoms with Gasteiger partial charge in [-0.3, -0.25) is 0 Å². The molecule has 2 nitrogen and oxygen atoms in total. The van der Waals surface area contributed by atoms with Crippen LogP contribution in [-0.2, 0) is 4.57 Å². The van der Waals surface area contributed by atoms with E-state index in [0.717, 1.165) is 33.6 Å². The van der Waals surface area contributed by atoms with Gasteiger partial charge in [0.2, 0.25) is 0 Å². The average molecular weight is 460 g/mol. The van der Waals surface area contributed by atoms with E-state index in [0.29, 0.717) is 6.42 Å². The molecule has 1 unspecified atom stereocenters. The van der Waals surface area contributed by atoms with E-state index in [-0.39, 0.29) is 6.04 Å². The summed E-state index contributed by atoms with van der Waals surface area (Å²) in [6.07, 6.45) is 8.19. The molecule has 1 aliphatic heterocycles. The van der Waals surface area contributed by atoms with Crippen LogP contribution in [0, 0.1) is 0 Å². The molecule has 0 amide bonds.